The minimum atomic E-state index is -0.898. The van der Waals surface area contributed by atoms with Gasteiger partial charge in [0, 0.05) is 28.4 Å². The molecule has 1 saturated heterocycles. The van der Waals surface area contributed by atoms with Gasteiger partial charge in [0.15, 0.2) is 0 Å². The number of nitrogens with zero attached hydrogens (tertiary/aromatic N) is 1. The molecule has 1 aliphatic rings. The number of hydrogen-bond donors (Lipinski definition) is 2. The van der Waals surface area contributed by atoms with Gasteiger partial charge >= 0.3 is 0 Å². The highest BCUT2D eigenvalue weighted by Crippen LogP contribution is 2.45. The number of fused-ring (bicyclic) bond motifs is 1. The molecule has 1 aromatic heterocycles. The number of aromatic nitrogens is 1. The van der Waals surface area contributed by atoms with Crippen LogP contribution in [0.25, 0.3) is 16.7 Å². The van der Waals surface area contributed by atoms with Crippen LogP contribution in [0.5, 0.6) is 17.2 Å². The SMILES string of the molecule is CCOc1ccc(N2C(=O)C(=O)/C(=C(/O)c3cc(OC)ccc3OC)C2c2c[nH]c3ccccc23)cc1. The summed E-state index contributed by atoms with van der Waals surface area (Å²) in [5, 5.41) is 12.4. The molecule has 4 aromatic rings. The molecule has 0 radical (unpaired) electrons. The summed E-state index contributed by atoms with van der Waals surface area (Å²) in [4.78, 5) is 31.7. The van der Waals surface area contributed by atoms with Crippen molar-refractivity contribution in [2.45, 2.75) is 13.0 Å². The maximum absolute atomic E-state index is 13.6. The van der Waals surface area contributed by atoms with Gasteiger partial charge in [0.1, 0.15) is 23.0 Å². The summed E-state index contributed by atoms with van der Waals surface area (Å²) in [7, 11) is 2.97. The largest absolute Gasteiger partial charge is 0.507 e. The Morgan fingerprint density at radius 1 is 0.973 bits per heavy atom. The van der Waals surface area contributed by atoms with Crippen molar-refractivity contribution in [2.24, 2.45) is 0 Å². The molecule has 1 fully saturated rings. The van der Waals surface area contributed by atoms with Crippen molar-refractivity contribution in [1.82, 2.24) is 4.98 Å². The number of carbonyl (C=O) groups excluding carboxylic acids is 2. The lowest BCUT2D eigenvalue weighted by atomic mass is 9.94. The summed E-state index contributed by atoms with van der Waals surface area (Å²) in [6.07, 6.45) is 1.76. The van der Waals surface area contributed by atoms with Gasteiger partial charge in [-0.15, -0.1) is 0 Å². The van der Waals surface area contributed by atoms with Crippen molar-refractivity contribution in [3.05, 3.63) is 89.6 Å². The number of ether oxygens (including phenoxy) is 3. The molecule has 0 aliphatic carbocycles. The second-order valence-corrected chi connectivity index (χ2v) is 8.45. The Kier molecular flexibility index (Phi) is 6.31. The van der Waals surface area contributed by atoms with E-state index >= 15 is 0 Å². The van der Waals surface area contributed by atoms with Gasteiger partial charge in [0.25, 0.3) is 11.7 Å². The Labute approximate surface area is 213 Å². The molecule has 37 heavy (non-hydrogen) atoms. The smallest absolute Gasteiger partial charge is 0.300 e. The number of hydrogen-bond acceptors (Lipinski definition) is 6. The first kappa shape index (κ1) is 24.0. The number of H-pyrrole nitrogens is 1. The third kappa shape index (κ3) is 4.06. The predicted octanol–water partition coefficient (Wildman–Crippen LogP) is 5.21. The molecular formula is C29H26N2O6. The summed E-state index contributed by atoms with van der Waals surface area (Å²) in [5.41, 5.74) is 2.21. The van der Waals surface area contributed by atoms with Crippen molar-refractivity contribution in [2.75, 3.05) is 25.7 Å². The van der Waals surface area contributed by atoms with Crippen LogP contribution in [-0.2, 0) is 9.59 Å². The number of ketones is 1. The highest BCUT2D eigenvalue weighted by molar-refractivity contribution is 6.52. The quantitative estimate of drug-likeness (QED) is 0.206. The lowest BCUT2D eigenvalue weighted by Gasteiger charge is -2.25. The average Bonchev–Trinajstić information content (AvgIpc) is 3.47. The van der Waals surface area contributed by atoms with E-state index in [2.05, 4.69) is 4.98 Å². The van der Waals surface area contributed by atoms with E-state index in [0.29, 0.717) is 35.1 Å². The summed E-state index contributed by atoms with van der Waals surface area (Å²) in [6.45, 7) is 2.39. The number of aliphatic hydroxyl groups excluding tert-OH is 1. The number of nitrogens with one attached hydrogen (secondary N) is 1. The fraction of sp³-hybridized carbons (Fsp3) is 0.172. The number of carbonyl (C=O) groups is 2. The lowest BCUT2D eigenvalue weighted by Crippen LogP contribution is -2.29. The molecule has 188 valence electrons. The zero-order valence-electron chi connectivity index (χ0n) is 20.6. The normalized spacial score (nSPS) is 16.8. The minimum absolute atomic E-state index is 0.0461. The van der Waals surface area contributed by atoms with Gasteiger partial charge in [0.05, 0.1) is 38.0 Å². The number of Topliss-reactive ketones (excluding diaryl/α,β-unsaturated/α-hetero) is 1. The van der Waals surface area contributed by atoms with Crippen molar-refractivity contribution in [3.63, 3.8) is 0 Å². The maximum atomic E-state index is 13.6. The molecule has 2 N–H and O–H groups in total. The van der Waals surface area contributed by atoms with Crippen LogP contribution in [0, 0.1) is 0 Å². The van der Waals surface area contributed by atoms with E-state index in [0.717, 1.165) is 10.9 Å². The van der Waals surface area contributed by atoms with Gasteiger partial charge < -0.3 is 24.3 Å². The van der Waals surface area contributed by atoms with Crippen LogP contribution in [0.1, 0.15) is 24.1 Å². The standard InChI is InChI=1S/C29H26N2O6/c1-4-37-18-11-9-17(10-12-18)31-26(22-16-30-23-8-6-5-7-20(22)23)25(28(33)29(31)34)27(32)21-15-19(35-2)13-14-24(21)36-3/h5-16,26,30,32H,4H2,1-3H3/b27-25+. The summed E-state index contributed by atoms with van der Waals surface area (Å²) < 4.78 is 16.3. The monoisotopic (exact) mass is 498 g/mol. The molecule has 5 rings (SSSR count). The van der Waals surface area contributed by atoms with Gasteiger partial charge in [0.2, 0.25) is 0 Å². The molecule has 0 spiro atoms. The Bertz CT molecular complexity index is 1520. The van der Waals surface area contributed by atoms with Crippen LogP contribution in [0.15, 0.2) is 78.5 Å². The first-order valence-corrected chi connectivity index (χ1v) is 11.8. The Morgan fingerprint density at radius 2 is 1.70 bits per heavy atom. The molecule has 3 aromatic carbocycles. The Balaban J connectivity index is 1.76. The van der Waals surface area contributed by atoms with Gasteiger partial charge in [-0.1, -0.05) is 18.2 Å². The van der Waals surface area contributed by atoms with Crippen LogP contribution in [0.4, 0.5) is 5.69 Å². The first-order chi connectivity index (χ1) is 18.0. The van der Waals surface area contributed by atoms with Crippen LogP contribution < -0.4 is 19.1 Å². The number of aromatic amines is 1. The third-order valence-electron chi connectivity index (χ3n) is 6.45. The van der Waals surface area contributed by atoms with E-state index in [-0.39, 0.29) is 16.9 Å². The number of anilines is 1. The number of benzene rings is 3. The molecule has 1 aliphatic heterocycles. The summed E-state index contributed by atoms with van der Waals surface area (Å²) >= 11 is 0. The van der Waals surface area contributed by atoms with E-state index in [1.807, 2.05) is 31.2 Å². The molecule has 1 amide bonds. The van der Waals surface area contributed by atoms with Gasteiger partial charge in [-0.2, -0.15) is 0 Å². The van der Waals surface area contributed by atoms with Gasteiger partial charge in [-0.05, 0) is 55.5 Å². The second kappa shape index (κ2) is 9.73. The van der Waals surface area contributed by atoms with Crippen LogP contribution >= 0.6 is 0 Å². The molecule has 2 heterocycles. The van der Waals surface area contributed by atoms with Gasteiger partial charge in [-0.25, -0.2) is 0 Å². The molecule has 1 atom stereocenters. The fourth-order valence-electron chi connectivity index (χ4n) is 4.73. The maximum Gasteiger partial charge on any atom is 0.300 e. The number of para-hydroxylation sites is 1. The highest BCUT2D eigenvalue weighted by atomic mass is 16.5. The number of aliphatic hydroxyl groups is 1. The first-order valence-electron chi connectivity index (χ1n) is 11.8. The van der Waals surface area contributed by atoms with Gasteiger partial charge in [-0.3, -0.25) is 14.5 Å². The lowest BCUT2D eigenvalue weighted by molar-refractivity contribution is -0.132. The van der Waals surface area contributed by atoms with Crippen molar-refractivity contribution in [1.29, 1.82) is 0 Å². The topological polar surface area (TPSA) is 101 Å². The van der Waals surface area contributed by atoms with E-state index in [1.54, 1.807) is 48.7 Å². The van der Waals surface area contributed by atoms with Crippen molar-refractivity contribution in [3.8, 4) is 17.2 Å². The molecule has 0 saturated carbocycles. The molecule has 0 bridgehead atoms. The van der Waals surface area contributed by atoms with E-state index in [9.17, 15) is 14.7 Å². The highest BCUT2D eigenvalue weighted by Gasteiger charge is 2.48. The minimum Gasteiger partial charge on any atom is -0.507 e. The Morgan fingerprint density at radius 3 is 2.41 bits per heavy atom. The average molecular weight is 499 g/mol. The molecule has 8 nitrogen and oxygen atoms in total. The second-order valence-electron chi connectivity index (χ2n) is 8.45. The van der Waals surface area contributed by atoms with Crippen molar-refractivity contribution >= 4 is 34.0 Å². The van der Waals surface area contributed by atoms with E-state index < -0.39 is 17.7 Å². The number of rotatable bonds is 7. The van der Waals surface area contributed by atoms with Crippen LogP contribution in [0.2, 0.25) is 0 Å². The summed E-state index contributed by atoms with van der Waals surface area (Å²) in [6, 6.07) is 18.5. The molecule has 8 heteroatoms. The molecule has 1 unspecified atom stereocenters. The zero-order chi connectivity index (χ0) is 26.1. The van der Waals surface area contributed by atoms with E-state index in [4.69, 9.17) is 14.2 Å². The number of amides is 1. The van der Waals surface area contributed by atoms with E-state index in [1.165, 1.54) is 19.1 Å². The van der Waals surface area contributed by atoms with Crippen molar-refractivity contribution < 1.29 is 28.9 Å². The summed E-state index contributed by atoms with van der Waals surface area (Å²) in [5.74, 6) is -0.449. The third-order valence-corrected chi connectivity index (χ3v) is 6.45. The zero-order valence-corrected chi connectivity index (χ0v) is 20.6. The van der Waals surface area contributed by atoms with Crippen LogP contribution in [-0.4, -0.2) is 42.6 Å². The molecular weight excluding hydrogens is 472 g/mol. The predicted molar refractivity (Wildman–Crippen MR) is 140 cm³/mol. The number of methoxy groups -OCH3 is 2. The Hall–Kier alpha value is -4.72. The van der Waals surface area contributed by atoms with Crippen LogP contribution in [0.3, 0.4) is 0 Å². The fourth-order valence-corrected chi connectivity index (χ4v) is 4.73.